The first-order valence-electron chi connectivity index (χ1n) is 17.9. The summed E-state index contributed by atoms with van der Waals surface area (Å²) in [7, 11) is 0. The third-order valence-electron chi connectivity index (χ3n) is 8.09. The maximum Gasteiger partial charge on any atom is 0.306 e. The molecule has 0 aliphatic carbocycles. The lowest BCUT2D eigenvalue weighted by molar-refractivity contribution is -0.305. The van der Waals surface area contributed by atoms with Crippen LogP contribution in [-0.4, -0.2) is 89.0 Å². The van der Waals surface area contributed by atoms with E-state index in [4.69, 9.17) is 18.9 Å². The van der Waals surface area contributed by atoms with Crippen molar-refractivity contribution in [2.45, 2.75) is 173 Å². The quantitative estimate of drug-likeness (QED) is 0.0460. The van der Waals surface area contributed by atoms with Crippen LogP contribution in [0.4, 0.5) is 0 Å². The Bertz CT molecular complexity index is 815. The molecule has 1 heterocycles. The highest BCUT2D eigenvalue weighted by Gasteiger charge is 2.44. The summed E-state index contributed by atoms with van der Waals surface area (Å²) in [4.78, 5) is 25.0. The minimum atomic E-state index is -1.59. The molecule has 0 aromatic carbocycles. The fraction of sp³-hybridized carbons (Fsp3) is 0.833. The zero-order chi connectivity index (χ0) is 33.8. The van der Waals surface area contributed by atoms with Crippen LogP contribution in [0.2, 0.25) is 0 Å². The van der Waals surface area contributed by atoms with Gasteiger partial charge in [-0.2, -0.15) is 0 Å². The van der Waals surface area contributed by atoms with Crippen LogP contribution >= 0.6 is 0 Å². The molecule has 46 heavy (non-hydrogen) atoms. The van der Waals surface area contributed by atoms with Gasteiger partial charge in [0.1, 0.15) is 31.0 Å². The number of carbonyl (C=O) groups is 2. The van der Waals surface area contributed by atoms with Crippen molar-refractivity contribution in [2.75, 3.05) is 19.8 Å². The van der Waals surface area contributed by atoms with Gasteiger partial charge in [0, 0.05) is 12.8 Å². The van der Waals surface area contributed by atoms with Crippen LogP contribution in [0.15, 0.2) is 24.3 Å². The Hall–Kier alpha value is -1.82. The predicted octanol–water partition coefficient (Wildman–Crippen LogP) is 5.82. The van der Waals surface area contributed by atoms with Gasteiger partial charge in [-0.25, -0.2) is 0 Å². The van der Waals surface area contributed by atoms with Gasteiger partial charge in [-0.1, -0.05) is 109 Å². The van der Waals surface area contributed by atoms with E-state index < -0.39 is 55.4 Å². The first kappa shape index (κ1) is 42.2. The van der Waals surface area contributed by atoms with Gasteiger partial charge in [-0.3, -0.25) is 9.59 Å². The minimum Gasteiger partial charge on any atom is -0.462 e. The normalized spacial score (nSPS) is 22.4. The number of esters is 2. The molecule has 0 amide bonds. The molecule has 0 bridgehead atoms. The molecular formula is C36H64O10. The zero-order valence-corrected chi connectivity index (χ0v) is 28.6. The molecule has 4 N–H and O–H groups in total. The zero-order valence-electron chi connectivity index (χ0n) is 28.6. The first-order chi connectivity index (χ1) is 22.3. The van der Waals surface area contributed by atoms with Gasteiger partial charge in [-0.05, 0) is 38.5 Å². The Morgan fingerprint density at radius 1 is 0.674 bits per heavy atom. The van der Waals surface area contributed by atoms with Gasteiger partial charge in [0.15, 0.2) is 12.4 Å². The summed E-state index contributed by atoms with van der Waals surface area (Å²) >= 11 is 0. The lowest BCUT2D eigenvalue weighted by Gasteiger charge is -2.39. The number of carbonyl (C=O) groups excluding carboxylic acids is 2. The molecule has 1 fully saturated rings. The van der Waals surface area contributed by atoms with Crippen LogP contribution in [-0.2, 0) is 28.5 Å². The third kappa shape index (κ3) is 20.4. The third-order valence-corrected chi connectivity index (χ3v) is 8.09. The molecule has 0 spiro atoms. The van der Waals surface area contributed by atoms with Crippen molar-refractivity contribution in [1.29, 1.82) is 0 Å². The van der Waals surface area contributed by atoms with Gasteiger partial charge >= 0.3 is 11.9 Å². The van der Waals surface area contributed by atoms with Crippen molar-refractivity contribution in [1.82, 2.24) is 0 Å². The van der Waals surface area contributed by atoms with Gasteiger partial charge in [-0.15, -0.1) is 0 Å². The summed E-state index contributed by atoms with van der Waals surface area (Å²) in [5.41, 5.74) is 0. The summed E-state index contributed by atoms with van der Waals surface area (Å²) < 4.78 is 21.9. The molecule has 268 valence electrons. The number of aliphatic hydroxyl groups excluding tert-OH is 4. The second-order valence-corrected chi connectivity index (χ2v) is 12.3. The number of hydrogen-bond donors (Lipinski definition) is 4. The molecule has 1 saturated heterocycles. The average Bonchev–Trinajstić information content (AvgIpc) is 3.05. The highest BCUT2D eigenvalue weighted by Crippen LogP contribution is 2.22. The van der Waals surface area contributed by atoms with E-state index in [1.54, 1.807) is 0 Å². The number of aliphatic hydroxyl groups is 4. The van der Waals surface area contributed by atoms with Crippen LogP contribution in [0.25, 0.3) is 0 Å². The van der Waals surface area contributed by atoms with Crippen molar-refractivity contribution >= 4 is 11.9 Å². The standard InChI is InChI=1S/C36H64O10/c1-3-5-7-9-11-12-13-14-15-16-17-19-20-22-24-31(38)43-27-29(45-32(39)25-23-21-18-10-8-6-4-2)28-44-36-35(42)34(41)33(40)30(26-37)46-36/h9,11,13-14,29-30,33-37,40-42H,3-8,10,12,15-28H2,1-2H3/b11-9+,14-13+/t29-,30-,33+,34?,35?,36-/m0/s1. The van der Waals surface area contributed by atoms with Crippen LogP contribution in [0.1, 0.15) is 136 Å². The van der Waals surface area contributed by atoms with E-state index >= 15 is 0 Å². The lowest BCUT2D eigenvalue weighted by atomic mass is 9.99. The molecular weight excluding hydrogens is 592 g/mol. The predicted molar refractivity (Wildman–Crippen MR) is 178 cm³/mol. The number of allylic oxidation sites excluding steroid dienone is 4. The smallest absolute Gasteiger partial charge is 0.306 e. The van der Waals surface area contributed by atoms with E-state index in [1.807, 2.05) is 0 Å². The molecule has 0 radical (unpaired) electrons. The van der Waals surface area contributed by atoms with Crippen LogP contribution < -0.4 is 0 Å². The molecule has 1 aliphatic heterocycles. The maximum absolute atomic E-state index is 12.5. The number of unbranched alkanes of at least 4 members (excludes halogenated alkanes) is 13. The largest absolute Gasteiger partial charge is 0.462 e. The summed E-state index contributed by atoms with van der Waals surface area (Å²) in [5.74, 6) is -0.832. The number of hydrogen-bond acceptors (Lipinski definition) is 10. The Balaban J connectivity index is 2.40. The van der Waals surface area contributed by atoms with Crippen molar-refractivity contribution in [2.24, 2.45) is 0 Å². The number of rotatable bonds is 28. The molecule has 2 unspecified atom stereocenters. The van der Waals surface area contributed by atoms with Gasteiger partial charge < -0.3 is 39.4 Å². The van der Waals surface area contributed by atoms with Gasteiger partial charge in [0.05, 0.1) is 13.2 Å². The summed E-state index contributed by atoms with van der Waals surface area (Å²) in [6.07, 6.45) is 19.3. The van der Waals surface area contributed by atoms with Crippen molar-refractivity contribution in [3.8, 4) is 0 Å². The second-order valence-electron chi connectivity index (χ2n) is 12.3. The Morgan fingerprint density at radius 2 is 1.24 bits per heavy atom. The first-order valence-corrected chi connectivity index (χ1v) is 17.9. The van der Waals surface area contributed by atoms with Crippen molar-refractivity contribution < 1.29 is 49.0 Å². The van der Waals surface area contributed by atoms with Gasteiger partial charge in [0.2, 0.25) is 0 Å². The monoisotopic (exact) mass is 656 g/mol. The molecule has 6 atom stereocenters. The van der Waals surface area contributed by atoms with E-state index in [-0.39, 0.29) is 26.1 Å². The average molecular weight is 657 g/mol. The molecule has 0 aromatic rings. The van der Waals surface area contributed by atoms with Crippen LogP contribution in [0.3, 0.4) is 0 Å². The summed E-state index contributed by atoms with van der Waals surface area (Å²) in [6, 6.07) is 0. The molecule has 10 nitrogen and oxygen atoms in total. The highest BCUT2D eigenvalue weighted by molar-refractivity contribution is 5.70. The molecule has 10 heteroatoms. The Kier molecular flexibility index (Phi) is 25.9. The number of ether oxygens (including phenoxy) is 4. The van der Waals surface area contributed by atoms with E-state index in [2.05, 4.69) is 38.2 Å². The molecule has 0 aromatic heterocycles. The van der Waals surface area contributed by atoms with Crippen molar-refractivity contribution in [3.05, 3.63) is 24.3 Å². The summed E-state index contributed by atoms with van der Waals surface area (Å²) in [6.45, 7) is 3.28. The van der Waals surface area contributed by atoms with Crippen LogP contribution in [0.5, 0.6) is 0 Å². The van der Waals surface area contributed by atoms with E-state index in [9.17, 15) is 30.0 Å². The SMILES string of the molecule is CCCC/C=C/C/C=C/CCCCCCCC(=O)OC[C@@H](CO[C@H]1O[C@@H](CO)[C@@H](O)C(O)C1O)OC(=O)CCCCCCCCC. The maximum atomic E-state index is 12.5. The van der Waals surface area contributed by atoms with Gasteiger partial charge in [0.25, 0.3) is 0 Å². The Labute approximate surface area is 277 Å². The summed E-state index contributed by atoms with van der Waals surface area (Å²) in [5, 5.41) is 39.7. The fourth-order valence-corrected chi connectivity index (χ4v) is 5.14. The molecule has 1 aliphatic rings. The fourth-order valence-electron chi connectivity index (χ4n) is 5.14. The highest BCUT2D eigenvalue weighted by atomic mass is 16.7. The Morgan fingerprint density at radius 3 is 1.87 bits per heavy atom. The topological polar surface area (TPSA) is 152 Å². The van der Waals surface area contributed by atoms with E-state index in [0.29, 0.717) is 12.8 Å². The lowest BCUT2D eigenvalue weighted by Crippen LogP contribution is -2.59. The molecule has 0 saturated carbocycles. The molecule has 1 rings (SSSR count). The van der Waals surface area contributed by atoms with E-state index in [0.717, 1.165) is 64.2 Å². The van der Waals surface area contributed by atoms with E-state index in [1.165, 1.54) is 32.1 Å². The minimum absolute atomic E-state index is 0.223. The van der Waals surface area contributed by atoms with Crippen LogP contribution in [0, 0.1) is 0 Å². The second kappa shape index (κ2) is 28.2. The van der Waals surface area contributed by atoms with Crippen molar-refractivity contribution in [3.63, 3.8) is 0 Å².